The summed E-state index contributed by atoms with van der Waals surface area (Å²) in [5, 5.41) is 2.83. The Morgan fingerprint density at radius 2 is 2.05 bits per heavy atom. The molecule has 0 fully saturated rings. The standard InChI is InChI=1S/C14H23FN2O3S/c1-10(9-20-4)7-17-21(18,19)13-5-11(2)14(15)12(6-13)8-16-3/h5-6,10,16-17H,7-9H2,1-4H3. The molecular formula is C14H23FN2O3S. The van der Waals surface area contributed by atoms with E-state index in [0.717, 1.165) is 0 Å². The predicted octanol–water partition coefficient (Wildman–Crippen LogP) is 1.41. The zero-order chi connectivity index (χ0) is 16.0. The van der Waals surface area contributed by atoms with Crippen molar-refractivity contribution in [3.05, 3.63) is 29.1 Å². The molecule has 5 nitrogen and oxygen atoms in total. The van der Waals surface area contributed by atoms with Crippen LogP contribution in [0.1, 0.15) is 18.1 Å². The molecule has 21 heavy (non-hydrogen) atoms. The lowest BCUT2D eigenvalue weighted by atomic mass is 10.1. The van der Waals surface area contributed by atoms with E-state index in [1.807, 2.05) is 6.92 Å². The average Bonchev–Trinajstić information content (AvgIpc) is 2.42. The molecule has 0 aliphatic carbocycles. The lowest BCUT2D eigenvalue weighted by Crippen LogP contribution is -2.30. The fourth-order valence-electron chi connectivity index (χ4n) is 1.96. The number of rotatable bonds is 8. The molecule has 120 valence electrons. The van der Waals surface area contributed by atoms with Gasteiger partial charge in [0.1, 0.15) is 5.82 Å². The lowest BCUT2D eigenvalue weighted by Gasteiger charge is -2.14. The monoisotopic (exact) mass is 318 g/mol. The maximum Gasteiger partial charge on any atom is 0.240 e. The number of ether oxygens (including phenoxy) is 1. The molecule has 1 rings (SSSR count). The maximum atomic E-state index is 13.9. The van der Waals surface area contributed by atoms with E-state index in [2.05, 4.69) is 10.0 Å². The van der Waals surface area contributed by atoms with E-state index >= 15 is 0 Å². The number of hydrogen-bond donors (Lipinski definition) is 2. The topological polar surface area (TPSA) is 67.4 Å². The van der Waals surface area contributed by atoms with Gasteiger partial charge in [-0.15, -0.1) is 0 Å². The van der Waals surface area contributed by atoms with Crippen LogP contribution < -0.4 is 10.0 Å². The van der Waals surface area contributed by atoms with Crippen molar-refractivity contribution in [2.24, 2.45) is 5.92 Å². The Morgan fingerprint density at radius 1 is 1.38 bits per heavy atom. The molecule has 1 aromatic rings. The fraction of sp³-hybridized carbons (Fsp3) is 0.571. The fourth-order valence-corrected chi connectivity index (χ4v) is 3.26. The maximum absolute atomic E-state index is 13.9. The largest absolute Gasteiger partial charge is 0.384 e. The summed E-state index contributed by atoms with van der Waals surface area (Å²) < 4.78 is 45.9. The second kappa shape index (κ2) is 7.84. The second-order valence-corrected chi connectivity index (χ2v) is 6.92. The molecule has 0 heterocycles. The third-order valence-electron chi connectivity index (χ3n) is 3.05. The summed E-state index contributed by atoms with van der Waals surface area (Å²) >= 11 is 0. The summed E-state index contributed by atoms with van der Waals surface area (Å²) in [4.78, 5) is 0.0799. The highest BCUT2D eigenvalue weighted by atomic mass is 32.2. The quantitative estimate of drug-likeness (QED) is 0.760. The summed E-state index contributed by atoms with van der Waals surface area (Å²) in [7, 11) is -0.405. The molecule has 0 amide bonds. The van der Waals surface area contributed by atoms with E-state index in [4.69, 9.17) is 4.74 Å². The highest BCUT2D eigenvalue weighted by Gasteiger charge is 2.18. The third-order valence-corrected chi connectivity index (χ3v) is 4.46. The van der Waals surface area contributed by atoms with Crippen LogP contribution in [0.15, 0.2) is 17.0 Å². The molecule has 0 saturated heterocycles. The first-order chi connectivity index (χ1) is 9.81. The molecule has 0 aliphatic rings. The number of hydrogen-bond acceptors (Lipinski definition) is 4. The summed E-state index contributed by atoms with van der Waals surface area (Å²) in [6, 6.07) is 2.71. The molecule has 0 spiro atoms. The minimum Gasteiger partial charge on any atom is -0.384 e. The first kappa shape index (κ1) is 18.0. The Kier molecular flexibility index (Phi) is 6.73. The van der Waals surface area contributed by atoms with Crippen LogP contribution in [0, 0.1) is 18.7 Å². The summed E-state index contributed by atoms with van der Waals surface area (Å²) in [5.41, 5.74) is 0.649. The minimum absolute atomic E-state index is 0.0584. The number of sulfonamides is 1. The normalized spacial score (nSPS) is 13.4. The highest BCUT2D eigenvalue weighted by molar-refractivity contribution is 7.89. The number of nitrogens with one attached hydrogen (secondary N) is 2. The van der Waals surface area contributed by atoms with Crippen molar-refractivity contribution < 1.29 is 17.5 Å². The van der Waals surface area contributed by atoms with E-state index in [0.29, 0.717) is 17.7 Å². The van der Waals surface area contributed by atoms with Crippen LogP contribution in [0.3, 0.4) is 0 Å². The molecule has 1 aromatic carbocycles. The highest BCUT2D eigenvalue weighted by Crippen LogP contribution is 2.19. The smallest absolute Gasteiger partial charge is 0.240 e. The van der Waals surface area contributed by atoms with Gasteiger partial charge in [0, 0.05) is 32.4 Å². The Hall–Kier alpha value is -1.02. The van der Waals surface area contributed by atoms with Gasteiger partial charge in [-0.2, -0.15) is 0 Å². The van der Waals surface area contributed by atoms with Crippen molar-refractivity contribution in [3.8, 4) is 0 Å². The van der Waals surface area contributed by atoms with Gasteiger partial charge < -0.3 is 10.1 Å². The number of aryl methyl sites for hydroxylation is 1. The summed E-state index contributed by atoms with van der Waals surface area (Å²) in [6.07, 6.45) is 0. The van der Waals surface area contributed by atoms with Gasteiger partial charge in [0.25, 0.3) is 0 Å². The van der Waals surface area contributed by atoms with Crippen LogP contribution in [0.2, 0.25) is 0 Å². The molecule has 1 atom stereocenters. The van der Waals surface area contributed by atoms with E-state index in [9.17, 15) is 12.8 Å². The van der Waals surface area contributed by atoms with Gasteiger partial charge in [-0.3, -0.25) is 0 Å². The molecule has 7 heteroatoms. The first-order valence-electron chi connectivity index (χ1n) is 6.74. The number of benzene rings is 1. The third kappa shape index (κ3) is 5.03. The summed E-state index contributed by atoms with van der Waals surface area (Å²) in [6.45, 7) is 4.45. The van der Waals surface area contributed by atoms with Crippen LogP contribution in [-0.4, -0.2) is 35.7 Å². The Bertz CT molecular complexity index is 576. The zero-order valence-corrected chi connectivity index (χ0v) is 13.7. The van der Waals surface area contributed by atoms with Crippen molar-refractivity contribution in [2.75, 3.05) is 27.3 Å². The van der Waals surface area contributed by atoms with Crippen LogP contribution in [0.5, 0.6) is 0 Å². The van der Waals surface area contributed by atoms with Crippen molar-refractivity contribution in [1.82, 2.24) is 10.0 Å². The van der Waals surface area contributed by atoms with Crippen molar-refractivity contribution in [2.45, 2.75) is 25.3 Å². The van der Waals surface area contributed by atoms with Crippen LogP contribution in [0.25, 0.3) is 0 Å². The van der Waals surface area contributed by atoms with Gasteiger partial charge in [-0.25, -0.2) is 17.5 Å². The number of methoxy groups -OCH3 is 1. The minimum atomic E-state index is -3.65. The first-order valence-corrected chi connectivity index (χ1v) is 8.22. The van der Waals surface area contributed by atoms with Crippen LogP contribution in [-0.2, 0) is 21.3 Å². The Morgan fingerprint density at radius 3 is 2.62 bits per heavy atom. The van der Waals surface area contributed by atoms with Crippen molar-refractivity contribution in [1.29, 1.82) is 0 Å². The van der Waals surface area contributed by atoms with Crippen molar-refractivity contribution >= 4 is 10.0 Å². The molecule has 1 unspecified atom stereocenters. The predicted molar refractivity (Wildman–Crippen MR) is 80.1 cm³/mol. The second-order valence-electron chi connectivity index (χ2n) is 5.16. The average molecular weight is 318 g/mol. The van der Waals surface area contributed by atoms with Crippen LogP contribution in [0.4, 0.5) is 4.39 Å². The molecule has 0 bridgehead atoms. The molecular weight excluding hydrogens is 295 g/mol. The lowest BCUT2D eigenvalue weighted by molar-refractivity contribution is 0.161. The van der Waals surface area contributed by atoms with E-state index in [-0.39, 0.29) is 29.7 Å². The van der Waals surface area contributed by atoms with E-state index < -0.39 is 10.0 Å². The van der Waals surface area contributed by atoms with Gasteiger partial charge >= 0.3 is 0 Å². The van der Waals surface area contributed by atoms with Gasteiger partial charge in [-0.1, -0.05) is 6.92 Å². The van der Waals surface area contributed by atoms with Crippen LogP contribution >= 0.6 is 0 Å². The Balaban J connectivity index is 2.97. The molecule has 0 radical (unpaired) electrons. The van der Waals surface area contributed by atoms with Gasteiger partial charge in [0.15, 0.2) is 0 Å². The Labute approximate surface area is 125 Å². The molecule has 0 aliphatic heterocycles. The van der Waals surface area contributed by atoms with Crippen molar-refractivity contribution in [3.63, 3.8) is 0 Å². The van der Waals surface area contributed by atoms with E-state index in [1.54, 1.807) is 21.1 Å². The van der Waals surface area contributed by atoms with Gasteiger partial charge in [0.05, 0.1) is 4.90 Å². The number of halogens is 1. The molecule has 2 N–H and O–H groups in total. The summed E-state index contributed by atoms with van der Waals surface area (Å²) in [5.74, 6) is -0.320. The molecule has 0 saturated carbocycles. The zero-order valence-electron chi connectivity index (χ0n) is 12.9. The van der Waals surface area contributed by atoms with E-state index in [1.165, 1.54) is 12.1 Å². The van der Waals surface area contributed by atoms with Gasteiger partial charge in [0.2, 0.25) is 10.0 Å². The molecule has 0 aromatic heterocycles. The van der Waals surface area contributed by atoms with Gasteiger partial charge in [-0.05, 0) is 37.6 Å². The SMILES string of the molecule is CNCc1cc(S(=O)(=O)NCC(C)COC)cc(C)c1F.